The lowest BCUT2D eigenvalue weighted by molar-refractivity contribution is 1.09. The monoisotopic (exact) mass is 175 g/mol. The fraction of sp³-hybridized carbons (Fsp3) is 0.417. The summed E-state index contributed by atoms with van der Waals surface area (Å²) in [5, 5.41) is 8.59. The summed E-state index contributed by atoms with van der Waals surface area (Å²) in [4.78, 5) is 0. The summed E-state index contributed by atoms with van der Waals surface area (Å²) >= 11 is 0. The first-order chi connectivity index (χ1) is 6.15. The molecule has 0 N–H and O–H groups in total. The maximum Gasteiger partial charge on any atom is 0.0994 e. The van der Waals surface area contributed by atoms with Crippen molar-refractivity contribution in [3.63, 3.8) is 0 Å². The number of hydrogen-bond acceptors (Lipinski definition) is 1. The Morgan fingerprint density at radius 1 is 1.23 bits per heavy atom. The van der Waals surface area contributed by atoms with Crippen molar-refractivity contribution < 1.29 is 0 Å². The van der Waals surface area contributed by atoms with Gasteiger partial charge in [0, 0.05) is 0 Å². The lowest BCUT2D eigenvalue weighted by atomic mass is 10.1. The van der Waals surface area contributed by atoms with Gasteiger partial charge in [-0.05, 0) is 31.0 Å². The van der Waals surface area contributed by atoms with Crippen LogP contribution in [-0.2, 0) is 0 Å². The zero-order valence-corrected chi connectivity index (χ0v) is 8.89. The normalized spacial score (nSPS) is 8.23. The van der Waals surface area contributed by atoms with Crippen molar-refractivity contribution in [1.29, 1.82) is 5.26 Å². The van der Waals surface area contributed by atoms with Gasteiger partial charge in [-0.2, -0.15) is 5.26 Å². The predicted molar refractivity (Wildman–Crippen MR) is 56.6 cm³/mol. The summed E-state index contributed by atoms with van der Waals surface area (Å²) < 4.78 is 0. The summed E-state index contributed by atoms with van der Waals surface area (Å²) in [6.07, 6.45) is 1.25. The molecular formula is C12H17N. The topological polar surface area (TPSA) is 23.8 Å². The van der Waals surface area contributed by atoms with E-state index in [1.165, 1.54) is 6.42 Å². The first-order valence-corrected chi connectivity index (χ1v) is 4.63. The van der Waals surface area contributed by atoms with Crippen LogP contribution >= 0.6 is 0 Å². The molecule has 1 aromatic rings. The number of hydrogen-bond donors (Lipinski definition) is 0. The standard InChI is InChI=1S/C9H9N.C3H8/c1-7-3-4-8(2)9(5-7)6-10;1-3-2/h3-5H,1-2H3;3H2,1-2H3. The minimum absolute atomic E-state index is 0.778. The number of nitrogens with zero attached hydrogens (tertiary/aromatic N) is 1. The van der Waals surface area contributed by atoms with E-state index in [1.807, 2.05) is 32.0 Å². The van der Waals surface area contributed by atoms with Gasteiger partial charge >= 0.3 is 0 Å². The molecule has 0 radical (unpaired) electrons. The molecule has 1 aromatic carbocycles. The van der Waals surface area contributed by atoms with Gasteiger partial charge in [0.05, 0.1) is 11.6 Å². The van der Waals surface area contributed by atoms with Crippen molar-refractivity contribution in [1.82, 2.24) is 0 Å². The van der Waals surface area contributed by atoms with E-state index in [0.29, 0.717) is 0 Å². The largest absolute Gasteiger partial charge is 0.192 e. The van der Waals surface area contributed by atoms with E-state index in [2.05, 4.69) is 19.9 Å². The van der Waals surface area contributed by atoms with Crippen molar-refractivity contribution in [2.75, 3.05) is 0 Å². The Bertz CT molecular complexity index is 294. The Morgan fingerprint density at radius 2 is 1.77 bits per heavy atom. The summed E-state index contributed by atoms with van der Waals surface area (Å²) in [5.74, 6) is 0. The van der Waals surface area contributed by atoms with Crippen molar-refractivity contribution in [2.45, 2.75) is 34.1 Å². The molecule has 1 heteroatoms. The molecule has 0 amide bonds. The summed E-state index contributed by atoms with van der Waals surface area (Å²) in [6, 6.07) is 8.01. The fourth-order valence-corrected chi connectivity index (χ4v) is 0.856. The van der Waals surface area contributed by atoms with Crippen LogP contribution in [0.15, 0.2) is 18.2 Å². The van der Waals surface area contributed by atoms with Crippen LogP contribution in [0.3, 0.4) is 0 Å². The van der Waals surface area contributed by atoms with Crippen LogP contribution < -0.4 is 0 Å². The molecule has 0 unspecified atom stereocenters. The van der Waals surface area contributed by atoms with E-state index in [-0.39, 0.29) is 0 Å². The molecule has 0 aliphatic heterocycles. The lowest BCUT2D eigenvalue weighted by Crippen LogP contribution is -1.81. The molecule has 1 rings (SSSR count). The molecule has 0 saturated heterocycles. The van der Waals surface area contributed by atoms with E-state index in [0.717, 1.165) is 16.7 Å². The highest BCUT2D eigenvalue weighted by Gasteiger charge is 1.94. The van der Waals surface area contributed by atoms with Gasteiger partial charge in [-0.25, -0.2) is 0 Å². The van der Waals surface area contributed by atoms with Crippen LogP contribution in [0.4, 0.5) is 0 Å². The highest BCUT2D eigenvalue weighted by molar-refractivity contribution is 5.39. The highest BCUT2D eigenvalue weighted by Crippen LogP contribution is 2.08. The smallest absolute Gasteiger partial charge is 0.0994 e. The van der Waals surface area contributed by atoms with Gasteiger partial charge in [0.1, 0.15) is 0 Å². The predicted octanol–water partition coefficient (Wildman–Crippen LogP) is 3.59. The Balaban J connectivity index is 0.000000424. The zero-order valence-electron chi connectivity index (χ0n) is 8.89. The SMILES string of the molecule is CCC.Cc1ccc(C)c(C#N)c1. The van der Waals surface area contributed by atoms with Gasteiger partial charge in [0.2, 0.25) is 0 Å². The highest BCUT2D eigenvalue weighted by atomic mass is 14.2. The Labute approximate surface area is 81.0 Å². The molecule has 1 nitrogen and oxygen atoms in total. The molecule has 13 heavy (non-hydrogen) atoms. The molecule has 0 aromatic heterocycles. The zero-order chi connectivity index (χ0) is 10.3. The van der Waals surface area contributed by atoms with E-state index in [4.69, 9.17) is 5.26 Å². The van der Waals surface area contributed by atoms with Crippen LogP contribution in [0.25, 0.3) is 0 Å². The quantitative estimate of drug-likeness (QED) is 0.591. The van der Waals surface area contributed by atoms with Crippen LogP contribution in [0.5, 0.6) is 0 Å². The molecule has 0 fully saturated rings. The van der Waals surface area contributed by atoms with E-state index in [1.54, 1.807) is 0 Å². The molecule has 0 aliphatic carbocycles. The Morgan fingerprint density at radius 3 is 2.15 bits per heavy atom. The van der Waals surface area contributed by atoms with Crippen molar-refractivity contribution in [3.05, 3.63) is 34.9 Å². The van der Waals surface area contributed by atoms with Crippen LogP contribution in [0.1, 0.15) is 37.0 Å². The maximum absolute atomic E-state index is 8.59. The second kappa shape index (κ2) is 6.25. The third kappa shape index (κ3) is 4.32. The average Bonchev–Trinajstić information content (AvgIpc) is 2.10. The van der Waals surface area contributed by atoms with E-state index >= 15 is 0 Å². The first kappa shape index (κ1) is 11.7. The Hall–Kier alpha value is -1.29. The van der Waals surface area contributed by atoms with Gasteiger partial charge in [0.15, 0.2) is 0 Å². The van der Waals surface area contributed by atoms with Crippen molar-refractivity contribution in [3.8, 4) is 6.07 Å². The van der Waals surface area contributed by atoms with Crippen molar-refractivity contribution >= 4 is 0 Å². The fourth-order valence-electron chi connectivity index (χ4n) is 0.856. The molecule has 0 heterocycles. The molecular weight excluding hydrogens is 158 g/mol. The summed E-state index contributed by atoms with van der Waals surface area (Å²) in [5.41, 5.74) is 2.97. The average molecular weight is 175 g/mol. The van der Waals surface area contributed by atoms with Gasteiger partial charge in [0.25, 0.3) is 0 Å². The van der Waals surface area contributed by atoms with Crippen LogP contribution in [-0.4, -0.2) is 0 Å². The molecule has 70 valence electrons. The summed E-state index contributed by atoms with van der Waals surface area (Å²) in [7, 11) is 0. The minimum atomic E-state index is 0.778. The third-order valence-electron chi connectivity index (χ3n) is 1.51. The van der Waals surface area contributed by atoms with Crippen LogP contribution in [0, 0.1) is 25.2 Å². The molecule has 0 bridgehead atoms. The molecule has 0 saturated carbocycles. The van der Waals surface area contributed by atoms with Crippen molar-refractivity contribution in [2.24, 2.45) is 0 Å². The molecule has 0 spiro atoms. The second-order valence-electron chi connectivity index (χ2n) is 3.14. The van der Waals surface area contributed by atoms with Gasteiger partial charge in [-0.1, -0.05) is 32.4 Å². The minimum Gasteiger partial charge on any atom is -0.192 e. The van der Waals surface area contributed by atoms with Gasteiger partial charge in [-0.3, -0.25) is 0 Å². The number of benzene rings is 1. The van der Waals surface area contributed by atoms with Gasteiger partial charge in [-0.15, -0.1) is 0 Å². The Kier molecular flexibility index (Phi) is 5.63. The number of nitriles is 1. The van der Waals surface area contributed by atoms with Gasteiger partial charge < -0.3 is 0 Å². The van der Waals surface area contributed by atoms with E-state index < -0.39 is 0 Å². The molecule has 0 aliphatic rings. The maximum atomic E-state index is 8.59. The van der Waals surface area contributed by atoms with Crippen LogP contribution in [0.2, 0.25) is 0 Å². The third-order valence-corrected chi connectivity index (χ3v) is 1.51. The molecule has 0 atom stereocenters. The summed E-state index contributed by atoms with van der Waals surface area (Å²) in [6.45, 7) is 8.18. The lowest BCUT2D eigenvalue weighted by Gasteiger charge is -1.96. The number of aryl methyl sites for hydroxylation is 2. The van der Waals surface area contributed by atoms with E-state index in [9.17, 15) is 0 Å². The second-order valence-corrected chi connectivity index (χ2v) is 3.14. The first-order valence-electron chi connectivity index (χ1n) is 4.63. The number of rotatable bonds is 0.